The number of ether oxygens (including phenoxy) is 2. The third kappa shape index (κ3) is 6.43. The molecule has 0 radical (unpaired) electrons. The molecule has 0 aromatic heterocycles. The molecule has 5 heteroatoms. The Labute approximate surface area is 213 Å². The fourth-order valence-electron chi connectivity index (χ4n) is 5.92. The Hall–Kier alpha value is -2.95. The highest BCUT2D eigenvalue weighted by molar-refractivity contribution is 5.91. The molecule has 2 saturated carbocycles. The molecule has 4 rings (SSSR count). The molecule has 4 unspecified atom stereocenters. The van der Waals surface area contributed by atoms with Crippen LogP contribution in [0, 0.1) is 29.4 Å². The number of benzene rings is 2. The number of allylic oxidation sites excluding steroid dienone is 2. The van der Waals surface area contributed by atoms with Crippen LogP contribution in [0.25, 0.3) is 0 Å². The van der Waals surface area contributed by atoms with E-state index in [0.717, 1.165) is 37.5 Å². The smallest absolute Gasteiger partial charge is 0.343 e. The summed E-state index contributed by atoms with van der Waals surface area (Å²) in [6, 6.07) is 8.56. The molecule has 2 fully saturated rings. The first-order valence-corrected chi connectivity index (χ1v) is 13.1. The topological polar surface area (TPSA) is 35.5 Å². The fraction of sp³-hybridized carbons (Fsp3) is 0.452. The van der Waals surface area contributed by atoms with E-state index >= 15 is 4.39 Å². The number of hydrogen-bond donors (Lipinski definition) is 0. The lowest BCUT2D eigenvalue weighted by Gasteiger charge is -2.42. The van der Waals surface area contributed by atoms with E-state index < -0.39 is 11.8 Å². The van der Waals surface area contributed by atoms with E-state index in [1.165, 1.54) is 49.9 Å². The van der Waals surface area contributed by atoms with Crippen molar-refractivity contribution >= 4 is 5.97 Å². The van der Waals surface area contributed by atoms with Gasteiger partial charge in [0.15, 0.2) is 11.6 Å². The van der Waals surface area contributed by atoms with Crippen molar-refractivity contribution in [2.45, 2.75) is 64.2 Å². The highest BCUT2D eigenvalue weighted by Gasteiger charge is 2.36. The summed E-state index contributed by atoms with van der Waals surface area (Å²) in [6.07, 6.45) is 14.9. The van der Waals surface area contributed by atoms with Crippen molar-refractivity contribution in [1.29, 1.82) is 0 Å². The predicted octanol–water partition coefficient (Wildman–Crippen LogP) is 8.41. The monoisotopic (exact) mass is 494 g/mol. The Balaban J connectivity index is 1.36. The normalized spacial score (nSPS) is 23.8. The van der Waals surface area contributed by atoms with Crippen molar-refractivity contribution in [3.63, 3.8) is 0 Å². The molecule has 0 saturated heterocycles. The summed E-state index contributed by atoms with van der Waals surface area (Å²) in [5.74, 6) is 0.602. The van der Waals surface area contributed by atoms with Gasteiger partial charge in [0, 0.05) is 6.07 Å². The Bertz CT molecular complexity index is 1090. The van der Waals surface area contributed by atoms with Crippen molar-refractivity contribution in [3.05, 3.63) is 84.0 Å². The average molecular weight is 495 g/mol. The summed E-state index contributed by atoms with van der Waals surface area (Å²) in [5.41, 5.74) is 0.744. The van der Waals surface area contributed by atoms with Gasteiger partial charge in [-0.2, -0.15) is 0 Å². The van der Waals surface area contributed by atoms with Crippen molar-refractivity contribution in [2.24, 2.45) is 17.8 Å². The number of carbonyl (C=O) groups is 1. The lowest BCUT2D eigenvalue weighted by Crippen LogP contribution is -2.30. The molecule has 2 aliphatic rings. The lowest BCUT2D eigenvalue weighted by molar-refractivity contribution is 0.0727. The minimum Gasteiger partial charge on any atom is -0.489 e. The third-order valence-corrected chi connectivity index (χ3v) is 7.86. The van der Waals surface area contributed by atoms with Crippen LogP contribution in [0.15, 0.2) is 61.2 Å². The summed E-state index contributed by atoms with van der Waals surface area (Å²) >= 11 is 0. The molecule has 36 heavy (non-hydrogen) atoms. The van der Waals surface area contributed by atoms with Crippen molar-refractivity contribution < 1.29 is 23.0 Å². The third-order valence-electron chi connectivity index (χ3n) is 7.86. The molecule has 0 heterocycles. The van der Waals surface area contributed by atoms with E-state index in [1.54, 1.807) is 18.2 Å². The van der Waals surface area contributed by atoms with E-state index in [4.69, 9.17) is 9.47 Å². The molecule has 2 aromatic carbocycles. The SMILES string of the molecule is C=CCCC1CCC2CC(c3ccc(C(=O)Oc4ccc(OC/C=C/C)cc4F)cc3F)CCC2C1. The van der Waals surface area contributed by atoms with Crippen molar-refractivity contribution in [1.82, 2.24) is 0 Å². The molecule has 2 aromatic rings. The Morgan fingerprint density at radius 3 is 2.58 bits per heavy atom. The molecule has 0 aliphatic heterocycles. The number of rotatable bonds is 9. The van der Waals surface area contributed by atoms with Crippen LogP contribution >= 0.6 is 0 Å². The second-order valence-corrected chi connectivity index (χ2v) is 10.2. The van der Waals surface area contributed by atoms with Crippen molar-refractivity contribution in [2.75, 3.05) is 6.61 Å². The van der Waals surface area contributed by atoms with E-state index in [0.29, 0.717) is 23.8 Å². The number of halogens is 2. The molecule has 4 atom stereocenters. The molecular formula is C31H36F2O3. The minimum absolute atomic E-state index is 0.0699. The Kier molecular flexibility index (Phi) is 8.95. The molecule has 3 nitrogen and oxygen atoms in total. The number of hydrogen-bond acceptors (Lipinski definition) is 3. The van der Waals surface area contributed by atoms with Gasteiger partial charge >= 0.3 is 5.97 Å². The van der Waals surface area contributed by atoms with E-state index in [2.05, 4.69) is 6.58 Å². The van der Waals surface area contributed by atoms with Gasteiger partial charge in [-0.1, -0.05) is 30.7 Å². The summed E-state index contributed by atoms with van der Waals surface area (Å²) in [5, 5.41) is 0. The van der Waals surface area contributed by atoms with Gasteiger partial charge in [-0.05, 0) is 105 Å². The maximum atomic E-state index is 15.1. The first-order valence-electron chi connectivity index (χ1n) is 13.1. The first kappa shape index (κ1) is 26.1. The van der Waals surface area contributed by atoms with Gasteiger partial charge in [0.2, 0.25) is 0 Å². The Morgan fingerprint density at radius 2 is 1.83 bits per heavy atom. The van der Waals surface area contributed by atoms with Gasteiger partial charge in [-0.25, -0.2) is 13.6 Å². The predicted molar refractivity (Wildman–Crippen MR) is 138 cm³/mol. The summed E-state index contributed by atoms with van der Waals surface area (Å²) < 4.78 is 40.1. The number of esters is 1. The largest absolute Gasteiger partial charge is 0.489 e. The zero-order chi connectivity index (χ0) is 25.5. The fourth-order valence-corrected chi connectivity index (χ4v) is 5.92. The molecule has 2 aliphatic carbocycles. The number of fused-ring (bicyclic) bond motifs is 1. The van der Waals surface area contributed by atoms with Gasteiger partial charge in [-0.15, -0.1) is 6.58 Å². The van der Waals surface area contributed by atoms with Crippen LogP contribution < -0.4 is 9.47 Å². The molecule has 192 valence electrons. The van der Waals surface area contributed by atoms with Crippen molar-refractivity contribution in [3.8, 4) is 11.5 Å². The Morgan fingerprint density at radius 1 is 1.03 bits per heavy atom. The van der Waals surface area contributed by atoms with Gasteiger partial charge in [0.1, 0.15) is 18.2 Å². The van der Waals surface area contributed by atoms with Crippen LogP contribution in [-0.2, 0) is 0 Å². The van der Waals surface area contributed by atoms with E-state index in [-0.39, 0.29) is 23.0 Å². The highest BCUT2D eigenvalue weighted by atomic mass is 19.1. The summed E-state index contributed by atoms with van der Waals surface area (Å²) in [4.78, 5) is 12.6. The standard InChI is InChI=1S/C31H36F2O3/c1-3-5-7-21-8-9-23-18-24(11-10-22(23)17-21)27-14-12-25(19-28(27)32)31(34)36-30-15-13-26(20-29(30)33)35-16-6-4-2/h3-4,6,12-15,19-24H,1,5,7-11,16-18H2,2H3/b6-4+. The zero-order valence-corrected chi connectivity index (χ0v) is 21.1. The minimum atomic E-state index is -0.788. The summed E-state index contributed by atoms with van der Waals surface area (Å²) in [7, 11) is 0. The lowest BCUT2D eigenvalue weighted by atomic mass is 9.63. The average Bonchev–Trinajstić information content (AvgIpc) is 2.88. The second-order valence-electron chi connectivity index (χ2n) is 10.2. The van der Waals surface area contributed by atoms with E-state index in [1.807, 2.05) is 19.1 Å². The van der Waals surface area contributed by atoms with Crippen LogP contribution in [0.5, 0.6) is 11.5 Å². The van der Waals surface area contributed by atoms with Crippen LogP contribution in [0.3, 0.4) is 0 Å². The summed E-state index contributed by atoms with van der Waals surface area (Å²) in [6.45, 7) is 6.03. The maximum absolute atomic E-state index is 15.1. The quantitative estimate of drug-likeness (QED) is 0.199. The van der Waals surface area contributed by atoms with Crippen LogP contribution in [0.2, 0.25) is 0 Å². The first-order chi connectivity index (χ1) is 17.5. The zero-order valence-electron chi connectivity index (χ0n) is 21.1. The molecular weight excluding hydrogens is 458 g/mol. The van der Waals surface area contributed by atoms with Crippen LogP contribution in [0.1, 0.15) is 80.1 Å². The van der Waals surface area contributed by atoms with E-state index in [9.17, 15) is 9.18 Å². The highest BCUT2D eigenvalue weighted by Crippen LogP contribution is 2.48. The van der Waals surface area contributed by atoms with Gasteiger partial charge in [-0.3, -0.25) is 0 Å². The molecule has 0 spiro atoms. The molecule has 0 N–H and O–H groups in total. The number of carbonyl (C=O) groups excluding carboxylic acids is 1. The molecule has 0 bridgehead atoms. The van der Waals surface area contributed by atoms with Gasteiger partial charge in [0.05, 0.1) is 5.56 Å². The molecule has 0 amide bonds. The van der Waals surface area contributed by atoms with Gasteiger partial charge in [0.25, 0.3) is 0 Å². The van der Waals surface area contributed by atoms with Crippen LogP contribution in [0.4, 0.5) is 8.78 Å². The second kappa shape index (κ2) is 12.3. The van der Waals surface area contributed by atoms with Gasteiger partial charge < -0.3 is 9.47 Å². The van der Waals surface area contributed by atoms with Crippen LogP contribution in [-0.4, -0.2) is 12.6 Å². The maximum Gasteiger partial charge on any atom is 0.343 e.